The first-order valence-corrected chi connectivity index (χ1v) is 7.17. The van der Waals surface area contributed by atoms with E-state index in [4.69, 9.17) is 4.42 Å². The Balaban J connectivity index is 2.26. The van der Waals surface area contributed by atoms with Gasteiger partial charge in [0.1, 0.15) is 16.9 Å². The molecule has 3 aromatic rings. The van der Waals surface area contributed by atoms with Gasteiger partial charge in [0.05, 0.1) is 0 Å². The molecule has 0 radical (unpaired) electrons. The highest BCUT2D eigenvalue weighted by atomic mass is 16.3. The van der Waals surface area contributed by atoms with Crippen LogP contribution in [-0.2, 0) is 6.42 Å². The van der Waals surface area contributed by atoms with Crippen LogP contribution in [-0.4, -0.2) is 16.0 Å². The second-order valence-electron chi connectivity index (χ2n) is 5.07. The van der Waals surface area contributed by atoms with Gasteiger partial charge in [-0.1, -0.05) is 26.0 Å². The molecule has 3 rings (SSSR count). The highest BCUT2D eigenvalue weighted by molar-refractivity contribution is 6.05. The number of para-hydroxylation sites is 1. The maximum atomic E-state index is 5.94. The summed E-state index contributed by atoms with van der Waals surface area (Å²) >= 11 is 0. The van der Waals surface area contributed by atoms with E-state index >= 15 is 0 Å². The number of benzene rings is 1. The van der Waals surface area contributed by atoms with E-state index in [1.165, 1.54) is 0 Å². The van der Waals surface area contributed by atoms with E-state index in [1.54, 1.807) is 0 Å². The van der Waals surface area contributed by atoms with Gasteiger partial charge in [-0.25, -0.2) is 9.97 Å². The lowest BCUT2D eigenvalue weighted by molar-refractivity contribution is 0.661. The van der Waals surface area contributed by atoms with Gasteiger partial charge in [0, 0.05) is 17.8 Å². The van der Waals surface area contributed by atoms with E-state index in [1.807, 2.05) is 24.3 Å². The van der Waals surface area contributed by atoms with Crippen molar-refractivity contribution in [2.75, 3.05) is 5.32 Å². The molecular weight excluding hydrogens is 250 g/mol. The number of rotatable bonds is 4. The normalized spacial score (nSPS) is 12.9. The van der Waals surface area contributed by atoms with Gasteiger partial charge >= 0.3 is 0 Å². The zero-order chi connectivity index (χ0) is 14.1. The number of aromatic nitrogens is 2. The monoisotopic (exact) mass is 269 g/mol. The number of hydrogen-bond donors (Lipinski definition) is 1. The lowest BCUT2D eigenvalue weighted by atomic mass is 10.2. The summed E-state index contributed by atoms with van der Waals surface area (Å²) in [6.07, 6.45) is 1.85. The average molecular weight is 269 g/mol. The molecule has 0 aliphatic rings. The van der Waals surface area contributed by atoms with Crippen LogP contribution in [0.25, 0.3) is 22.1 Å². The number of nitrogens with zero attached hydrogens (tertiary/aromatic N) is 2. The average Bonchev–Trinajstić information content (AvgIpc) is 2.86. The smallest absolute Gasteiger partial charge is 0.196 e. The molecule has 0 bridgehead atoms. The Bertz CT molecular complexity index is 748. The Morgan fingerprint density at radius 1 is 1.20 bits per heavy atom. The lowest BCUT2D eigenvalue weighted by Gasteiger charge is -2.12. The number of furan rings is 1. The van der Waals surface area contributed by atoms with E-state index in [-0.39, 0.29) is 0 Å². The molecule has 0 unspecified atom stereocenters. The molecular formula is C16H19N3O. The molecule has 2 aromatic heterocycles. The third-order valence-corrected chi connectivity index (χ3v) is 3.58. The maximum Gasteiger partial charge on any atom is 0.196 e. The van der Waals surface area contributed by atoms with Crippen molar-refractivity contribution in [2.45, 2.75) is 39.7 Å². The first kappa shape index (κ1) is 12.9. The summed E-state index contributed by atoms with van der Waals surface area (Å²) < 4.78 is 5.94. The second-order valence-corrected chi connectivity index (χ2v) is 5.07. The van der Waals surface area contributed by atoms with E-state index < -0.39 is 0 Å². The molecule has 104 valence electrons. The van der Waals surface area contributed by atoms with Gasteiger partial charge in [-0.05, 0) is 25.5 Å². The van der Waals surface area contributed by atoms with Gasteiger partial charge in [0.2, 0.25) is 0 Å². The third-order valence-electron chi connectivity index (χ3n) is 3.58. The standard InChI is InChI=1S/C16H19N3O/c1-4-10(3)17-16-15-14(18-13(5-2)19-16)11-8-6-7-9-12(11)20-15/h6-10H,4-5H2,1-3H3,(H,17,18,19)/t10-/m1/s1. The third kappa shape index (κ3) is 2.11. The molecule has 20 heavy (non-hydrogen) atoms. The fourth-order valence-electron chi connectivity index (χ4n) is 2.23. The van der Waals surface area contributed by atoms with Gasteiger partial charge in [-0.15, -0.1) is 0 Å². The molecule has 0 fully saturated rings. The molecule has 0 saturated heterocycles. The van der Waals surface area contributed by atoms with Gasteiger partial charge in [-0.3, -0.25) is 0 Å². The molecule has 4 nitrogen and oxygen atoms in total. The summed E-state index contributed by atoms with van der Waals surface area (Å²) in [4.78, 5) is 9.22. The number of anilines is 1. The number of nitrogens with one attached hydrogen (secondary N) is 1. The predicted octanol–water partition coefficient (Wildman–Crippen LogP) is 4.15. The molecule has 0 aliphatic carbocycles. The molecule has 1 aromatic carbocycles. The summed E-state index contributed by atoms with van der Waals surface area (Å²) in [5.74, 6) is 1.65. The quantitative estimate of drug-likeness (QED) is 0.773. The second kappa shape index (κ2) is 5.12. The fraction of sp³-hybridized carbons (Fsp3) is 0.375. The summed E-state index contributed by atoms with van der Waals surface area (Å²) in [5, 5.41) is 4.47. The minimum absolute atomic E-state index is 0.353. The Hall–Kier alpha value is -2.10. The van der Waals surface area contributed by atoms with Crippen molar-refractivity contribution < 1.29 is 4.42 Å². The van der Waals surface area contributed by atoms with Crippen molar-refractivity contribution in [3.8, 4) is 0 Å². The molecule has 2 heterocycles. The van der Waals surface area contributed by atoms with Crippen molar-refractivity contribution >= 4 is 27.9 Å². The summed E-state index contributed by atoms with van der Waals surface area (Å²) in [7, 11) is 0. The van der Waals surface area contributed by atoms with Crippen LogP contribution < -0.4 is 5.32 Å². The number of aryl methyl sites for hydroxylation is 1. The molecule has 1 N–H and O–H groups in total. The Kier molecular flexibility index (Phi) is 3.30. The van der Waals surface area contributed by atoms with Crippen molar-refractivity contribution in [1.82, 2.24) is 9.97 Å². The number of hydrogen-bond acceptors (Lipinski definition) is 4. The van der Waals surface area contributed by atoms with Crippen LogP contribution in [0.15, 0.2) is 28.7 Å². The predicted molar refractivity (Wildman–Crippen MR) is 82.1 cm³/mol. The highest BCUT2D eigenvalue weighted by Crippen LogP contribution is 2.31. The summed E-state index contributed by atoms with van der Waals surface area (Å²) in [5.41, 5.74) is 2.51. The lowest BCUT2D eigenvalue weighted by Crippen LogP contribution is -2.15. The van der Waals surface area contributed by atoms with E-state index in [9.17, 15) is 0 Å². The highest BCUT2D eigenvalue weighted by Gasteiger charge is 2.15. The van der Waals surface area contributed by atoms with Gasteiger partial charge in [0.15, 0.2) is 11.4 Å². The van der Waals surface area contributed by atoms with Gasteiger partial charge in [0.25, 0.3) is 0 Å². The molecule has 0 saturated carbocycles. The van der Waals surface area contributed by atoms with E-state index in [0.717, 1.165) is 46.6 Å². The first-order valence-electron chi connectivity index (χ1n) is 7.17. The van der Waals surface area contributed by atoms with Gasteiger partial charge in [-0.2, -0.15) is 0 Å². The van der Waals surface area contributed by atoms with Crippen LogP contribution in [0, 0.1) is 0 Å². The number of fused-ring (bicyclic) bond motifs is 3. The minimum atomic E-state index is 0.353. The topological polar surface area (TPSA) is 51.0 Å². The fourth-order valence-corrected chi connectivity index (χ4v) is 2.23. The maximum absolute atomic E-state index is 5.94. The van der Waals surface area contributed by atoms with Crippen LogP contribution >= 0.6 is 0 Å². The molecule has 0 spiro atoms. The Morgan fingerprint density at radius 3 is 2.75 bits per heavy atom. The van der Waals surface area contributed by atoms with E-state index in [0.29, 0.717) is 6.04 Å². The van der Waals surface area contributed by atoms with Crippen molar-refractivity contribution in [1.29, 1.82) is 0 Å². The van der Waals surface area contributed by atoms with Crippen LogP contribution in [0.3, 0.4) is 0 Å². The molecule has 1 atom stereocenters. The Morgan fingerprint density at radius 2 is 2.00 bits per heavy atom. The largest absolute Gasteiger partial charge is 0.450 e. The first-order chi connectivity index (χ1) is 9.72. The summed E-state index contributed by atoms with van der Waals surface area (Å²) in [6.45, 7) is 6.36. The van der Waals surface area contributed by atoms with Crippen LogP contribution in [0.2, 0.25) is 0 Å². The van der Waals surface area contributed by atoms with Crippen LogP contribution in [0.4, 0.5) is 5.82 Å². The Labute approximate surface area is 118 Å². The van der Waals surface area contributed by atoms with Gasteiger partial charge < -0.3 is 9.73 Å². The SMILES string of the molecule is CCc1nc(N[C@H](C)CC)c2oc3ccccc3c2n1. The van der Waals surface area contributed by atoms with Crippen LogP contribution in [0.1, 0.15) is 33.0 Å². The molecule has 4 heteroatoms. The minimum Gasteiger partial charge on any atom is -0.450 e. The van der Waals surface area contributed by atoms with E-state index in [2.05, 4.69) is 36.1 Å². The zero-order valence-corrected chi connectivity index (χ0v) is 12.1. The zero-order valence-electron chi connectivity index (χ0n) is 12.1. The van der Waals surface area contributed by atoms with Crippen LogP contribution in [0.5, 0.6) is 0 Å². The van der Waals surface area contributed by atoms with Crippen molar-refractivity contribution in [2.24, 2.45) is 0 Å². The van der Waals surface area contributed by atoms with Crippen molar-refractivity contribution in [3.63, 3.8) is 0 Å². The summed E-state index contributed by atoms with van der Waals surface area (Å²) in [6, 6.07) is 8.34. The molecule has 0 amide bonds. The molecule has 0 aliphatic heterocycles. The van der Waals surface area contributed by atoms with Crippen molar-refractivity contribution in [3.05, 3.63) is 30.1 Å².